The molecule has 0 spiro atoms. The van der Waals surface area contributed by atoms with Crippen LogP contribution in [0.1, 0.15) is 16.2 Å². The number of methoxy groups -OCH3 is 1. The molecule has 0 N–H and O–H groups in total. The summed E-state index contributed by atoms with van der Waals surface area (Å²) >= 11 is 0. The number of ketones is 1. The summed E-state index contributed by atoms with van der Waals surface area (Å²) in [5.41, 5.74) is 1.96. The van der Waals surface area contributed by atoms with Crippen molar-refractivity contribution >= 4 is 11.4 Å². The molecule has 0 bridgehead atoms. The Morgan fingerprint density at radius 2 is 2.14 bits per heavy atom. The van der Waals surface area contributed by atoms with Gasteiger partial charge in [0.05, 0.1) is 18.5 Å². The molecule has 22 heavy (non-hydrogen) atoms. The van der Waals surface area contributed by atoms with Crippen molar-refractivity contribution in [1.29, 1.82) is 0 Å². The van der Waals surface area contributed by atoms with Gasteiger partial charge in [0.25, 0.3) is 0 Å². The van der Waals surface area contributed by atoms with Gasteiger partial charge in [0.15, 0.2) is 0 Å². The quantitative estimate of drug-likeness (QED) is 0.444. The highest BCUT2D eigenvalue weighted by Crippen LogP contribution is 2.18. The molecule has 0 aliphatic carbocycles. The van der Waals surface area contributed by atoms with E-state index in [1.807, 2.05) is 38.1 Å². The molecule has 0 aliphatic heterocycles. The number of ether oxygens (including phenoxy) is 2. The molecule has 6 heteroatoms. The second-order valence-corrected chi connectivity index (χ2v) is 5.12. The molecule has 0 radical (unpaired) electrons. The second kappa shape index (κ2) is 7.09. The lowest BCUT2D eigenvalue weighted by atomic mass is 10.2. The molecule has 0 aromatic carbocycles. The Kier molecular flexibility index (Phi) is 5.16. The number of hydrogen-bond acceptors (Lipinski definition) is 5. The van der Waals surface area contributed by atoms with Gasteiger partial charge < -0.3 is 14.4 Å². The highest BCUT2D eigenvalue weighted by Gasteiger charge is 2.15. The van der Waals surface area contributed by atoms with Gasteiger partial charge in [0.2, 0.25) is 5.78 Å². The predicted octanol–water partition coefficient (Wildman–Crippen LogP) is 1.93. The number of aryl methyl sites for hydroxylation is 1. The van der Waals surface area contributed by atoms with E-state index in [1.165, 1.54) is 6.08 Å². The minimum Gasteiger partial charge on any atom is -0.490 e. The summed E-state index contributed by atoms with van der Waals surface area (Å²) in [6.07, 6.45) is 5.04. The monoisotopic (exact) mass is 303 g/mol. The van der Waals surface area contributed by atoms with Crippen LogP contribution in [0.2, 0.25) is 0 Å². The first-order valence-corrected chi connectivity index (χ1v) is 7.02. The summed E-state index contributed by atoms with van der Waals surface area (Å²) in [5, 5.41) is 0. The van der Waals surface area contributed by atoms with Crippen LogP contribution in [-0.2, 0) is 4.74 Å². The molecule has 0 atom stereocenters. The Morgan fingerprint density at radius 1 is 1.36 bits per heavy atom. The molecule has 0 aliphatic rings. The van der Waals surface area contributed by atoms with Crippen LogP contribution in [0.25, 0.3) is 5.65 Å². The Labute approximate surface area is 130 Å². The summed E-state index contributed by atoms with van der Waals surface area (Å²) in [6, 6.07) is 3.67. The van der Waals surface area contributed by atoms with Crippen molar-refractivity contribution in [3.05, 3.63) is 42.0 Å². The van der Waals surface area contributed by atoms with Crippen LogP contribution in [0.5, 0.6) is 5.75 Å². The van der Waals surface area contributed by atoms with Gasteiger partial charge in [-0.2, -0.15) is 0 Å². The van der Waals surface area contributed by atoms with Crippen molar-refractivity contribution < 1.29 is 14.3 Å². The molecular formula is C16H21N3O3. The van der Waals surface area contributed by atoms with Crippen molar-refractivity contribution in [2.45, 2.75) is 6.92 Å². The minimum absolute atomic E-state index is 0.0901. The van der Waals surface area contributed by atoms with Crippen molar-refractivity contribution in [2.75, 3.05) is 34.4 Å². The van der Waals surface area contributed by atoms with E-state index in [4.69, 9.17) is 9.47 Å². The number of fused-ring (bicyclic) bond motifs is 1. The van der Waals surface area contributed by atoms with Crippen molar-refractivity contribution in [3.63, 3.8) is 0 Å². The van der Waals surface area contributed by atoms with Crippen LogP contribution < -0.4 is 4.74 Å². The predicted molar refractivity (Wildman–Crippen MR) is 84.5 cm³/mol. The summed E-state index contributed by atoms with van der Waals surface area (Å²) in [7, 11) is 5.36. The molecule has 118 valence electrons. The van der Waals surface area contributed by atoms with Gasteiger partial charge in [-0.3, -0.25) is 9.20 Å². The summed E-state index contributed by atoms with van der Waals surface area (Å²) in [5.74, 6) is 0.584. The van der Waals surface area contributed by atoms with E-state index in [0.29, 0.717) is 30.4 Å². The van der Waals surface area contributed by atoms with Gasteiger partial charge >= 0.3 is 0 Å². The second-order valence-electron chi connectivity index (χ2n) is 5.12. The third-order valence-corrected chi connectivity index (χ3v) is 3.08. The largest absolute Gasteiger partial charge is 0.490 e. The van der Waals surface area contributed by atoms with Crippen LogP contribution in [-0.4, -0.2) is 54.5 Å². The van der Waals surface area contributed by atoms with E-state index in [-0.39, 0.29) is 5.78 Å². The Hall–Kier alpha value is -2.34. The van der Waals surface area contributed by atoms with E-state index in [1.54, 1.807) is 23.9 Å². The lowest BCUT2D eigenvalue weighted by Crippen LogP contribution is -2.07. The van der Waals surface area contributed by atoms with Crippen molar-refractivity contribution in [3.8, 4) is 5.75 Å². The van der Waals surface area contributed by atoms with E-state index < -0.39 is 0 Å². The zero-order chi connectivity index (χ0) is 16.1. The van der Waals surface area contributed by atoms with Gasteiger partial charge in [-0.1, -0.05) is 0 Å². The van der Waals surface area contributed by atoms with Gasteiger partial charge in [-0.15, -0.1) is 0 Å². The van der Waals surface area contributed by atoms with Crippen LogP contribution in [0, 0.1) is 6.92 Å². The normalized spacial score (nSPS) is 11.3. The number of hydrogen-bond donors (Lipinski definition) is 0. The Bertz CT molecular complexity index is 689. The Morgan fingerprint density at radius 3 is 2.82 bits per heavy atom. The number of nitrogens with zero attached hydrogens (tertiary/aromatic N) is 3. The fourth-order valence-corrected chi connectivity index (χ4v) is 2.06. The molecule has 2 rings (SSSR count). The topological polar surface area (TPSA) is 56.1 Å². The third-order valence-electron chi connectivity index (χ3n) is 3.08. The van der Waals surface area contributed by atoms with Crippen LogP contribution in [0.15, 0.2) is 30.6 Å². The smallest absolute Gasteiger partial charge is 0.205 e. The maximum atomic E-state index is 12.4. The average molecular weight is 303 g/mol. The highest BCUT2D eigenvalue weighted by molar-refractivity contribution is 6.04. The van der Waals surface area contributed by atoms with E-state index in [0.717, 1.165) is 5.65 Å². The first-order chi connectivity index (χ1) is 10.5. The summed E-state index contributed by atoms with van der Waals surface area (Å²) in [6.45, 7) is 2.80. The number of allylic oxidation sites excluding steroid dienone is 1. The van der Waals surface area contributed by atoms with Gasteiger partial charge in [0.1, 0.15) is 23.7 Å². The van der Waals surface area contributed by atoms with E-state index in [9.17, 15) is 4.79 Å². The number of rotatable bonds is 7. The standard InChI is InChI=1S/C16H21N3O3/c1-12-16(14(20)7-8-18(2)3)19-11-13(22-10-9-21-4)5-6-15(19)17-12/h5-8,11H,9-10H2,1-4H3/b8-7+. The third kappa shape index (κ3) is 3.65. The summed E-state index contributed by atoms with van der Waals surface area (Å²) < 4.78 is 12.3. The maximum Gasteiger partial charge on any atom is 0.205 e. The first kappa shape index (κ1) is 16.0. The van der Waals surface area contributed by atoms with Gasteiger partial charge in [-0.25, -0.2) is 4.98 Å². The van der Waals surface area contributed by atoms with Gasteiger partial charge in [-0.05, 0) is 19.1 Å². The van der Waals surface area contributed by atoms with E-state index >= 15 is 0 Å². The summed E-state index contributed by atoms with van der Waals surface area (Å²) in [4.78, 5) is 18.6. The lowest BCUT2D eigenvalue weighted by molar-refractivity contribution is 0.103. The highest BCUT2D eigenvalue weighted by atomic mass is 16.5. The first-order valence-electron chi connectivity index (χ1n) is 7.02. The number of carbonyl (C=O) groups is 1. The van der Waals surface area contributed by atoms with Crippen LogP contribution in [0.4, 0.5) is 0 Å². The molecule has 2 aromatic rings. The minimum atomic E-state index is -0.0901. The lowest BCUT2D eigenvalue weighted by Gasteiger charge is -2.07. The molecule has 0 saturated carbocycles. The van der Waals surface area contributed by atoms with Gasteiger partial charge in [0, 0.05) is 33.5 Å². The molecule has 0 amide bonds. The fourth-order valence-electron chi connectivity index (χ4n) is 2.06. The number of aromatic nitrogens is 2. The molecule has 0 unspecified atom stereocenters. The maximum absolute atomic E-state index is 12.4. The zero-order valence-corrected chi connectivity index (χ0v) is 13.4. The number of imidazole rings is 1. The van der Waals surface area contributed by atoms with Crippen LogP contribution >= 0.6 is 0 Å². The molecule has 0 saturated heterocycles. The molecule has 2 heterocycles. The zero-order valence-electron chi connectivity index (χ0n) is 13.4. The van der Waals surface area contributed by atoms with E-state index in [2.05, 4.69) is 4.98 Å². The Balaban J connectivity index is 2.34. The SMILES string of the molecule is COCCOc1ccc2nc(C)c(C(=O)/C=C/N(C)C)n2c1. The molecular weight excluding hydrogens is 282 g/mol. The fraction of sp³-hybridized carbons (Fsp3) is 0.375. The molecule has 6 nitrogen and oxygen atoms in total. The molecule has 0 fully saturated rings. The number of carbonyl (C=O) groups excluding carboxylic acids is 1. The van der Waals surface area contributed by atoms with Crippen molar-refractivity contribution in [2.24, 2.45) is 0 Å². The van der Waals surface area contributed by atoms with Crippen LogP contribution in [0.3, 0.4) is 0 Å². The molecule has 2 aromatic heterocycles. The average Bonchev–Trinajstić information content (AvgIpc) is 2.80. The van der Waals surface area contributed by atoms with Crippen molar-refractivity contribution in [1.82, 2.24) is 14.3 Å². The number of pyridine rings is 1.